The molecule has 0 spiro atoms. The highest BCUT2D eigenvalue weighted by Gasteiger charge is 2.28. The van der Waals surface area contributed by atoms with Crippen LogP contribution in [0.5, 0.6) is 5.75 Å². The molecule has 0 radical (unpaired) electrons. The molecule has 1 aromatic rings. The van der Waals surface area contributed by atoms with Crippen LogP contribution in [0, 0.1) is 0 Å². The Morgan fingerprint density at radius 2 is 2.00 bits per heavy atom. The summed E-state index contributed by atoms with van der Waals surface area (Å²) in [5.74, 6) is -1.01. The maximum atomic E-state index is 11.6. The summed E-state index contributed by atoms with van der Waals surface area (Å²) in [5, 5.41) is 8.81. The second-order valence-electron chi connectivity index (χ2n) is 3.09. The molecule has 1 N–H and O–H groups in total. The number of carboxylic acid groups (broad SMARTS) is 1. The van der Waals surface area contributed by atoms with Crippen molar-refractivity contribution in [3.8, 4) is 5.75 Å². The molecule has 0 amide bonds. The summed E-state index contributed by atoms with van der Waals surface area (Å²) in [5.41, 5.74) is -0.0377. The molecule has 0 saturated heterocycles. The van der Waals surface area contributed by atoms with Crippen molar-refractivity contribution in [2.24, 2.45) is 0 Å². The van der Waals surface area contributed by atoms with E-state index in [1.54, 1.807) is 0 Å². The van der Waals surface area contributed by atoms with Gasteiger partial charge in [0.1, 0.15) is 12.4 Å². The Hall–Kier alpha value is -1.28. The van der Waals surface area contributed by atoms with E-state index < -0.39 is 18.9 Å². The first-order valence-corrected chi connectivity index (χ1v) is 5.45. The van der Waals surface area contributed by atoms with Crippen molar-refractivity contribution >= 4 is 21.9 Å². The SMILES string of the molecule is O=C(O)c1cc(OCCOC(F)(F)F)ccc1Br. The van der Waals surface area contributed by atoms with Crippen LogP contribution in [0.3, 0.4) is 0 Å². The molecule has 0 heterocycles. The van der Waals surface area contributed by atoms with Gasteiger partial charge in [-0.25, -0.2) is 4.79 Å². The smallest absolute Gasteiger partial charge is 0.491 e. The third-order valence-corrected chi connectivity index (χ3v) is 2.48. The first-order valence-electron chi connectivity index (χ1n) is 4.66. The van der Waals surface area contributed by atoms with Crippen molar-refractivity contribution in [2.75, 3.05) is 13.2 Å². The molecule has 0 unspecified atom stereocenters. The number of halogens is 4. The number of aromatic carboxylic acids is 1. The third-order valence-electron chi connectivity index (χ3n) is 1.79. The molecule has 8 heteroatoms. The van der Waals surface area contributed by atoms with E-state index in [1.165, 1.54) is 18.2 Å². The van der Waals surface area contributed by atoms with E-state index in [-0.39, 0.29) is 17.9 Å². The highest BCUT2D eigenvalue weighted by atomic mass is 79.9. The molecule has 1 aromatic carbocycles. The van der Waals surface area contributed by atoms with Crippen LogP contribution in [-0.4, -0.2) is 30.7 Å². The van der Waals surface area contributed by atoms with Gasteiger partial charge < -0.3 is 9.84 Å². The van der Waals surface area contributed by atoms with E-state index >= 15 is 0 Å². The van der Waals surface area contributed by atoms with Crippen LogP contribution >= 0.6 is 15.9 Å². The van der Waals surface area contributed by atoms with Crippen LogP contribution in [-0.2, 0) is 4.74 Å². The fourth-order valence-corrected chi connectivity index (χ4v) is 1.49. The zero-order chi connectivity index (χ0) is 13.8. The summed E-state index contributed by atoms with van der Waals surface area (Å²) in [6.07, 6.45) is -4.70. The Morgan fingerprint density at radius 1 is 1.33 bits per heavy atom. The van der Waals surface area contributed by atoms with Gasteiger partial charge in [-0.3, -0.25) is 4.74 Å². The lowest BCUT2D eigenvalue weighted by Gasteiger charge is -2.09. The van der Waals surface area contributed by atoms with Crippen molar-refractivity contribution in [1.29, 1.82) is 0 Å². The number of carbonyl (C=O) groups is 1. The predicted octanol–water partition coefficient (Wildman–Crippen LogP) is 3.06. The van der Waals surface area contributed by atoms with E-state index in [0.29, 0.717) is 4.47 Å². The Labute approximate surface area is 108 Å². The molecule has 0 aliphatic heterocycles. The van der Waals surface area contributed by atoms with Gasteiger partial charge in [0.25, 0.3) is 0 Å². The highest BCUT2D eigenvalue weighted by molar-refractivity contribution is 9.10. The second kappa shape index (κ2) is 6.05. The monoisotopic (exact) mass is 328 g/mol. The van der Waals surface area contributed by atoms with Gasteiger partial charge >= 0.3 is 12.3 Å². The lowest BCUT2D eigenvalue weighted by molar-refractivity contribution is -0.325. The molecule has 0 aliphatic carbocycles. The summed E-state index contributed by atoms with van der Waals surface area (Å²) in [6, 6.07) is 4.08. The van der Waals surface area contributed by atoms with Crippen LogP contribution in [0.4, 0.5) is 13.2 Å². The molecule has 4 nitrogen and oxygen atoms in total. The van der Waals surface area contributed by atoms with Crippen molar-refractivity contribution in [3.05, 3.63) is 28.2 Å². The van der Waals surface area contributed by atoms with Crippen LogP contribution in [0.15, 0.2) is 22.7 Å². The Kier molecular flexibility index (Phi) is 4.97. The maximum Gasteiger partial charge on any atom is 0.522 e. The first kappa shape index (κ1) is 14.8. The minimum absolute atomic E-state index is 0.0377. The number of hydrogen-bond acceptors (Lipinski definition) is 3. The molecule has 1 rings (SSSR count). The molecular formula is C10H8BrF3O4. The standard InChI is InChI=1S/C10H8BrF3O4/c11-8-2-1-6(5-7(8)9(15)16)17-3-4-18-10(12,13)14/h1-2,5H,3-4H2,(H,15,16). The van der Waals surface area contributed by atoms with E-state index in [1.807, 2.05) is 0 Å². The Bertz CT molecular complexity index is 434. The van der Waals surface area contributed by atoms with Gasteiger partial charge in [0, 0.05) is 4.47 Å². The quantitative estimate of drug-likeness (QED) is 0.844. The summed E-state index contributed by atoms with van der Waals surface area (Å²) in [4.78, 5) is 10.8. The third kappa shape index (κ3) is 4.92. The van der Waals surface area contributed by atoms with Gasteiger partial charge in [-0.05, 0) is 34.1 Å². The molecule has 100 valence electrons. The maximum absolute atomic E-state index is 11.6. The van der Waals surface area contributed by atoms with Gasteiger partial charge in [0.05, 0.1) is 12.2 Å². The van der Waals surface area contributed by atoms with Crippen molar-refractivity contribution in [1.82, 2.24) is 0 Å². The average Bonchev–Trinajstić information content (AvgIpc) is 2.24. The molecular weight excluding hydrogens is 321 g/mol. The Morgan fingerprint density at radius 3 is 2.56 bits per heavy atom. The Balaban J connectivity index is 2.53. The fourth-order valence-electron chi connectivity index (χ4n) is 1.07. The fraction of sp³-hybridized carbons (Fsp3) is 0.300. The average molecular weight is 329 g/mol. The van der Waals surface area contributed by atoms with E-state index in [0.717, 1.165) is 0 Å². The molecule has 0 saturated carbocycles. The lowest BCUT2D eigenvalue weighted by Crippen LogP contribution is -2.18. The van der Waals surface area contributed by atoms with Gasteiger partial charge in [0.2, 0.25) is 0 Å². The van der Waals surface area contributed by atoms with Crippen molar-refractivity contribution < 1.29 is 32.5 Å². The molecule has 0 aromatic heterocycles. The molecule has 0 aliphatic rings. The van der Waals surface area contributed by atoms with E-state index in [9.17, 15) is 18.0 Å². The molecule has 18 heavy (non-hydrogen) atoms. The van der Waals surface area contributed by atoms with Crippen LogP contribution < -0.4 is 4.74 Å². The van der Waals surface area contributed by atoms with Gasteiger partial charge in [-0.1, -0.05) is 0 Å². The number of alkyl halides is 3. The normalized spacial score (nSPS) is 11.3. The van der Waals surface area contributed by atoms with E-state index in [2.05, 4.69) is 20.7 Å². The molecule has 0 atom stereocenters. The highest BCUT2D eigenvalue weighted by Crippen LogP contribution is 2.23. The second-order valence-corrected chi connectivity index (χ2v) is 3.94. The number of carboxylic acids is 1. The van der Waals surface area contributed by atoms with E-state index in [4.69, 9.17) is 9.84 Å². The topological polar surface area (TPSA) is 55.8 Å². The zero-order valence-corrected chi connectivity index (χ0v) is 10.4. The van der Waals surface area contributed by atoms with Crippen molar-refractivity contribution in [2.45, 2.75) is 6.36 Å². The zero-order valence-electron chi connectivity index (χ0n) is 8.83. The van der Waals surface area contributed by atoms with Crippen molar-refractivity contribution in [3.63, 3.8) is 0 Å². The number of rotatable bonds is 5. The minimum atomic E-state index is -4.70. The molecule has 0 bridgehead atoms. The largest absolute Gasteiger partial charge is 0.522 e. The predicted molar refractivity (Wildman–Crippen MR) is 58.6 cm³/mol. The first-order chi connectivity index (χ1) is 8.29. The van der Waals surface area contributed by atoms with Crippen LogP contribution in [0.1, 0.15) is 10.4 Å². The van der Waals surface area contributed by atoms with Crippen LogP contribution in [0.2, 0.25) is 0 Å². The van der Waals surface area contributed by atoms with Gasteiger partial charge in [0.15, 0.2) is 0 Å². The molecule has 0 fully saturated rings. The van der Waals surface area contributed by atoms with Gasteiger partial charge in [-0.2, -0.15) is 0 Å². The number of benzene rings is 1. The summed E-state index contributed by atoms with van der Waals surface area (Å²) in [7, 11) is 0. The number of hydrogen-bond donors (Lipinski definition) is 1. The summed E-state index contributed by atoms with van der Waals surface area (Å²) < 4.78 is 43.7. The summed E-state index contributed by atoms with van der Waals surface area (Å²) in [6.45, 7) is -0.998. The number of ether oxygens (including phenoxy) is 2. The minimum Gasteiger partial charge on any atom is -0.491 e. The summed E-state index contributed by atoms with van der Waals surface area (Å²) >= 11 is 3.03. The van der Waals surface area contributed by atoms with Crippen LogP contribution in [0.25, 0.3) is 0 Å². The lowest BCUT2D eigenvalue weighted by atomic mass is 10.2. The van der Waals surface area contributed by atoms with Gasteiger partial charge in [-0.15, -0.1) is 13.2 Å².